The average molecular weight is 818 g/mol. The van der Waals surface area contributed by atoms with E-state index in [1.165, 1.54) is 116 Å². The summed E-state index contributed by atoms with van der Waals surface area (Å²) in [4.78, 5) is 39.2. The highest BCUT2D eigenvalue weighted by molar-refractivity contribution is 6.72. The van der Waals surface area contributed by atoms with Gasteiger partial charge in [0.05, 0.1) is 19.8 Å². The number of hydrogen-bond donors (Lipinski definition) is 0. The third-order valence-corrected chi connectivity index (χ3v) is 10.8. The van der Waals surface area contributed by atoms with Crippen molar-refractivity contribution in [3.8, 4) is 17.2 Å². The molecule has 1 aromatic carbocycles. The number of carbonyl (C=O) groups excluding carboxylic acids is 3. The highest BCUT2D eigenvalue weighted by atomic mass is 35.5. The molecule has 54 heavy (non-hydrogen) atoms. The molecule has 0 fully saturated rings. The Bertz CT molecular complexity index is 982. The van der Waals surface area contributed by atoms with Crippen LogP contribution in [0.5, 0.6) is 17.2 Å². The molecule has 0 N–H and O–H groups in total. The summed E-state index contributed by atoms with van der Waals surface area (Å²) in [5.74, 6) is -0.323. The summed E-state index contributed by atoms with van der Waals surface area (Å²) in [7, 11) is 0. The molecule has 0 aliphatic rings. The zero-order valence-corrected chi connectivity index (χ0v) is 36.7. The normalized spacial score (nSPS) is 11.2. The van der Waals surface area contributed by atoms with E-state index in [1.54, 1.807) is 0 Å². The van der Waals surface area contributed by atoms with Gasteiger partial charge in [0.25, 0.3) is 15.7 Å². The molecule has 9 heteroatoms. The van der Waals surface area contributed by atoms with Crippen LogP contribution in [0.2, 0.25) is 0 Å². The van der Waals surface area contributed by atoms with Gasteiger partial charge in [-0.25, -0.2) is 0 Å². The zero-order chi connectivity index (χ0) is 39.7. The first-order valence-corrected chi connectivity index (χ1v) is 23.2. The topological polar surface area (TPSA) is 78.9 Å². The van der Waals surface area contributed by atoms with Gasteiger partial charge >= 0.3 is 0 Å². The molecule has 0 bridgehead atoms. The number of rotatable bonds is 39. The Morgan fingerprint density at radius 1 is 0.315 bits per heavy atom. The van der Waals surface area contributed by atoms with E-state index in [4.69, 9.17) is 49.0 Å². The zero-order valence-electron chi connectivity index (χ0n) is 34.4. The highest BCUT2D eigenvalue weighted by Crippen LogP contribution is 2.46. The Kier molecular flexibility index (Phi) is 32.5. The molecule has 0 unspecified atom stereocenters. The van der Waals surface area contributed by atoms with Crippen LogP contribution in [-0.2, 0) is 0 Å². The molecule has 0 saturated heterocycles. The first-order valence-electron chi connectivity index (χ1n) is 22.0. The van der Waals surface area contributed by atoms with E-state index in [-0.39, 0.29) is 53.8 Å². The maximum Gasteiger partial charge on any atom is 0.259 e. The Balaban J connectivity index is 3.08. The van der Waals surface area contributed by atoms with E-state index >= 15 is 0 Å². The molecule has 0 amide bonds. The van der Waals surface area contributed by atoms with Crippen LogP contribution in [0.3, 0.4) is 0 Å². The van der Waals surface area contributed by atoms with Crippen LogP contribution in [-0.4, -0.2) is 35.5 Å². The SMILES string of the molecule is CCCCCCCCCCCCOc1c(C(=O)Cl)c(OCCCCCCCCCCCC)c(C(=O)Cl)c(OCCCCCCCCCCCC)c1C(=O)Cl. The maximum atomic E-state index is 13.1. The molecular formula is C45H75Cl3O6. The molecule has 0 aromatic heterocycles. The van der Waals surface area contributed by atoms with E-state index in [0.717, 1.165) is 57.8 Å². The van der Waals surface area contributed by atoms with Crippen molar-refractivity contribution >= 4 is 50.5 Å². The summed E-state index contributed by atoms with van der Waals surface area (Å²) < 4.78 is 18.5. The highest BCUT2D eigenvalue weighted by Gasteiger charge is 2.35. The Morgan fingerprint density at radius 2 is 0.481 bits per heavy atom. The number of hydrogen-bond acceptors (Lipinski definition) is 6. The van der Waals surface area contributed by atoms with Crippen molar-refractivity contribution in [3.05, 3.63) is 16.7 Å². The van der Waals surface area contributed by atoms with Gasteiger partial charge in [-0.2, -0.15) is 0 Å². The summed E-state index contributed by atoms with van der Waals surface area (Å²) in [5, 5.41) is -2.78. The molecule has 312 valence electrons. The van der Waals surface area contributed by atoms with E-state index < -0.39 is 15.7 Å². The van der Waals surface area contributed by atoms with Crippen molar-refractivity contribution in [1.82, 2.24) is 0 Å². The minimum Gasteiger partial charge on any atom is -0.492 e. The number of carbonyl (C=O) groups is 3. The van der Waals surface area contributed by atoms with Gasteiger partial charge in [0.15, 0.2) is 17.2 Å². The minimum absolute atomic E-state index is 0.108. The molecule has 0 aliphatic heterocycles. The van der Waals surface area contributed by atoms with Crippen molar-refractivity contribution in [1.29, 1.82) is 0 Å². The summed E-state index contributed by atoms with van der Waals surface area (Å²) in [6.07, 6.45) is 34.5. The predicted molar refractivity (Wildman–Crippen MR) is 229 cm³/mol. The summed E-state index contributed by atoms with van der Waals surface area (Å²) in [6, 6.07) is 0. The second-order valence-corrected chi connectivity index (χ2v) is 16.1. The second kappa shape index (κ2) is 34.7. The molecule has 6 nitrogen and oxygen atoms in total. The van der Waals surface area contributed by atoms with Crippen LogP contribution in [0.25, 0.3) is 0 Å². The molecule has 0 spiro atoms. The largest absolute Gasteiger partial charge is 0.492 e. The van der Waals surface area contributed by atoms with Crippen LogP contribution in [0, 0.1) is 0 Å². The number of halogens is 3. The first kappa shape index (κ1) is 50.5. The fraction of sp³-hybridized carbons (Fsp3) is 0.800. The predicted octanol–water partition coefficient (Wildman–Crippen LogP) is 15.7. The molecule has 1 rings (SSSR count). The molecule has 0 heterocycles. The Morgan fingerprint density at radius 3 is 0.648 bits per heavy atom. The lowest BCUT2D eigenvalue weighted by molar-refractivity contribution is 0.106. The summed E-state index contributed by atoms with van der Waals surface area (Å²) in [6.45, 7) is 7.38. The quantitative estimate of drug-likeness (QED) is 0.0486. The molecule has 0 atom stereocenters. The van der Waals surface area contributed by atoms with Gasteiger partial charge < -0.3 is 14.2 Å². The van der Waals surface area contributed by atoms with Crippen LogP contribution >= 0.6 is 34.8 Å². The minimum atomic E-state index is -0.925. The fourth-order valence-electron chi connectivity index (χ4n) is 6.94. The Hall–Kier alpha value is -1.50. The van der Waals surface area contributed by atoms with E-state index in [2.05, 4.69) is 20.8 Å². The van der Waals surface area contributed by atoms with E-state index in [1.807, 2.05) is 0 Å². The van der Waals surface area contributed by atoms with Gasteiger partial charge in [-0.15, -0.1) is 0 Å². The van der Waals surface area contributed by atoms with Crippen LogP contribution in [0.4, 0.5) is 0 Å². The van der Waals surface area contributed by atoms with Gasteiger partial charge in [-0.1, -0.05) is 194 Å². The smallest absolute Gasteiger partial charge is 0.259 e. The fourth-order valence-corrected chi connectivity index (χ4v) is 7.46. The van der Waals surface area contributed by atoms with Crippen LogP contribution in [0.15, 0.2) is 0 Å². The summed E-state index contributed by atoms with van der Waals surface area (Å²) in [5.41, 5.74) is -0.639. The van der Waals surface area contributed by atoms with Crippen molar-refractivity contribution in [2.24, 2.45) is 0 Å². The number of ether oxygens (including phenoxy) is 3. The van der Waals surface area contributed by atoms with Gasteiger partial charge in [0, 0.05) is 0 Å². The van der Waals surface area contributed by atoms with E-state index in [9.17, 15) is 14.4 Å². The lowest BCUT2D eigenvalue weighted by Crippen LogP contribution is -2.16. The molecule has 0 saturated carbocycles. The first-order chi connectivity index (χ1) is 26.3. The van der Waals surface area contributed by atoms with Crippen LogP contribution in [0.1, 0.15) is 244 Å². The van der Waals surface area contributed by atoms with Crippen molar-refractivity contribution in [2.45, 2.75) is 213 Å². The van der Waals surface area contributed by atoms with Crippen molar-refractivity contribution in [2.75, 3.05) is 19.8 Å². The Labute approximate surface area is 344 Å². The van der Waals surface area contributed by atoms with E-state index in [0.29, 0.717) is 19.3 Å². The maximum absolute atomic E-state index is 13.1. The standard InChI is InChI=1S/C45H75Cl3O6/c1-4-7-10-13-16-19-22-25-28-31-34-52-40-37(43(46)49)41(53-35-32-29-26-23-20-17-14-11-8-5-2)39(45(48)51)42(38(40)44(47)50)54-36-33-30-27-24-21-18-15-12-9-6-3/h4-36H2,1-3H3. The second-order valence-electron chi connectivity index (χ2n) is 15.0. The lowest BCUT2D eigenvalue weighted by Gasteiger charge is -2.22. The third kappa shape index (κ3) is 22.9. The van der Waals surface area contributed by atoms with Gasteiger partial charge in [-0.05, 0) is 54.1 Å². The van der Waals surface area contributed by atoms with Gasteiger partial charge in [-0.3, -0.25) is 14.4 Å². The number of unbranched alkanes of at least 4 members (excludes halogenated alkanes) is 27. The molecule has 0 radical (unpaired) electrons. The van der Waals surface area contributed by atoms with Gasteiger partial charge in [0.1, 0.15) is 16.7 Å². The average Bonchev–Trinajstić information content (AvgIpc) is 3.14. The molecular weight excluding hydrogens is 743 g/mol. The van der Waals surface area contributed by atoms with Gasteiger partial charge in [0.2, 0.25) is 0 Å². The third-order valence-electron chi connectivity index (χ3n) is 10.2. The molecule has 0 aliphatic carbocycles. The summed E-state index contributed by atoms with van der Waals surface area (Å²) >= 11 is 18.5. The molecule has 1 aromatic rings. The van der Waals surface area contributed by atoms with Crippen molar-refractivity contribution in [3.63, 3.8) is 0 Å². The van der Waals surface area contributed by atoms with Crippen LogP contribution < -0.4 is 14.2 Å². The number of benzene rings is 1. The monoisotopic (exact) mass is 816 g/mol. The lowest BCUT2D eigenvalue weighted by atomic mass is 10.0. The van der Waals surface area contributed by atoms with Crippen molar-refractivity contribution < 1.29 is 28.6 Å².